The number of aromatic nitrogens is 1. The first-order chi connectivity index (χ1) is 7.46. The lowest BCUT2D eigenvalue weighted by Gasteiger charge is -2.24. The van der Waals surface area contributed by atoms with E-state index in [-0.39, 0.29) is 5.60 Å². The molecule has 0 spiro atoms. The van der Waals surface area contributed by atoms with Gasteiger partial charge in [-0.25, -0.2) is 0 Å². The number of rotatable bonds is 5. The standard InChI is InChI=1S/C13H21NO2/c1-10-6-8-14-9-11(10)12(15)5-7-13(2,3)16-4/h6,8-9,12,15H,5,7H2,1-4H3. The molecule has 0 saturated heterocycles. The molecule has 1 N–H and O–H groups in total. The molecular weight excluding hydrogens is 202 g/mol. The maximum absolute atomic E-state index is 10.1. The van der Waals surface area contributed by atoms with Crippen LogP contribution in [0.2, 0.25) is 0 Å². The van der Waals surface area contributed by atoms with Gasteiger partial charge in [0.2, 0.25) is 0 Å². The van der Waals surface area contributed by atoms with Crippen LogP contribution < -0.4 is 0 Å². The lowest BCUT2D eigenvalue weighted by Crippen LogP contribution is -2.23. The highest BCUT2D eigenvalue weighted by atomic mass is 16.5. The van der Waals surface area contributed by atoms with E-state index in [1.165, 1.54) is 0 Å². The van der Waals surface area contributed by atoms with Crippen molar-refractivity contribution in [3.8, 4) is 0 Å². The van der Waals surface area contributed by atoms with Crippen LogP contribution >= 0.6 is 0 Å². The van der Waals surface area contributed by atoms with E-state index >= 15 is 0 Å². The van der Waals surface area contributed by atoms with E-state index in [0.717, 1.165) is 17.5 Å². The highest BCUT2D eigenvalue weighted by Gasteiger charge is 2.19. The number of nitrogens with zero attached hydrogens (tertiary/aromatic N) is 1. The Hall–Kier alpha value is -0.930. The van der Waals surface area contributed by atoms with Gasteiger partial charge in [0, 0.05) is 25.1 Å². The Morgan fingerprint density at radius 2 is 2.19 bits per heavy atom. The van der Waals surface area contributed by atoms with Crippen molar-refractivity contribution in [3.63, 3.8) is 0 Å². The van der Waals surface area contributed by atoms with E-state index in [4.69, 9.17) is 4.74 Å². The normalized spacial score (nSPS) is 13.8. The van der Waals surface area contributed by atoms with Crippen LogP contribution in [0.25, 0.3) is 0 Å². The third-order valence-corrected chi connectivity index (χ3v) is 3.01. The summed E-state index contributed by atoms with van der Waals surface area (Å²) in [5, 5.41) is 10.1. The molecule has 0 aliphatic rings. The van der Waals surface area contributed by atoms with Crippen LogP contribution in [-0.2, 0) is 4.74 Å². The second-order valence-corrected chi connectivity index (χ2v) is 4.75. The monoisotopic (exact) mass is 223 g/mol. The molecule has 1 aromatic rings. The zero-order chi connectivity index (χ0) is 12.2. The molecular formula is C13H21NO2. The van der Waals surface area contributed by atoms with Crippen LogP contribution in [0, 0.1) is 6.92 Å². The number of pyridine rings is 1. The first kappa shape index (κ1) is 13.1. The zero-order valence-corrected chi connectivity index (χ0v) is 10.5. The SMILES string of the molecule is COC(C)(C)CCC(O)c1cnccc1C. The minimum Gasteiger partial charge on any atom is -0.388 e. The van der Waals surface area contributed by atoms with Gasteiger partial charge in [-0.05, 0) is 45.2 Å². The van der Waals surface area contributed by atoms with Gasteiger partial charge in [0.25, 0.3) is 0 Å². The smallest absolute Gasteiger partial charge is 0.0808 e. The summed E-state index contributed by atoms with van der Waals surface area (Å²) in [6.07, 6.45) is 4.53. The number of aryl methyl sites for hydroxylation is 1. The van der Waals surface area contributed by atoms with Crippen LogP contribution in [0.1, 0.15) is 43.9 Å². The number of aliphatic hydroxyl groups excluding tert-OH is 1. The van der Waals surface area contributed by atoms with Gasteiger partial charge in [0.1, 0.15) is 0 Å². The Morgan fingerprint density at radius 1 is 1.50 bits per heavy atom. The molecule has 16 heavy (non-hydrogen) atoms. The molecule has 0 aliphatic carbocycles. The fourth-order valence-corrected chi connectivity index (χ4v) is 1.57. The summed E-state index contributed by atoms with van der Waals surface area (Å²) < 4.78 is 5.33. The van der Waals surface area contributed by atoms with Gasteiger partial charge in [-0.15, -0.1) is 0 Å². The molecule has 0 radical (unpaired) electrons. The van der Waals surface area contributed by atoms with Crippen LogP contribution in [0.5, 0.6) is 0 Å². The van der Waals surface area contributed by atoms with Crippen LogP contribution in [0.3, 0.4) is 0 Å². The van der Waals surface area contributed by atoms with E-state index in [0.29, 0.717) is 6.42 Å². The molecule has 0 fully saturated rings. The zero-order valence-electron chi connectivity index (χ0n) is 10.5. The fourth-order valence-electron chi connectivity index (χ4n) is 1.57. The number of hydrogen-bond acceptors (Lipinski definition) is 3. The molecule has 0 aliphatic heterocycles. The van der Waals surface area contributed by atoms with Crippen molar-refractivity contribution in [2.24, 2.45) is 0 Å². The van der Waals surface area contributed by atoms with E-state index in [1.54, 1.807) is 19.5 Å². The van der Waals surface area contributed by atoms with E-state index < -0.39 is 6.10 Å². The average molecular weight is 223 g/mol. The summed E-state index contributed by atoms with van der Waals surface area (Å²) in [5.74, 6) is 0. The predicted octanol–water partition coefficient (Wildman–Crippen LogP) is 2.63. The summed E-state index contributed by atoms with van der Waals surface area (Å²) >= 11 is 0. The summed E-state index contributed by atoms with van der Waals surface area (Å²) in [5.41, 5.74) is 1.81. The van der Waals surface area contributed by atoms with Crippen LogP contribution in [0.15, 0.2) is 18.5 Å². The van der Waals surface area contributed by atoms with Gasteiger partial charge in [-0.3, -0.25) is 4.98 Å². The molecule has 0 bridgehead atoms. The Labute approximate surface area is 97.5 Å². The molecule has 1 unspecified atom stereocenters. The topological polar surface area (TPSA) is 42.4 Å². The average Bonchev–Trinajstić information content (AvgIpc) is 2.27. The Morgan fingerprint density at radius 3 is 2.75 bits per heavy atom. The molecule has 90 valence electrons. The first-order valence-electron chi connectivity index (χ1n) is 5.60. The van der Waals surface area contributed by atoms with Gasteiger partial charge >= 0.3 is 0 Å². The van der Waals surface area contributed by atoms with Gasteiger partial charge < -0.3 is 9.84 Å². The molecule has 1 heterocycles. The van der Waals surface area contributed by atoms with Crippen molar-refractivity contribution in [3.05, 3.63) is 29.6 Å². The maximum atomic E-state index is 10.1. The highest BCUT2D eigenvalue weighted by molar-refractivity contribution is 5.23. The number of aliphatic hydroxyl groups is 1. The summed E-state index contributed by atoms with van der Waals surface area (Å²) in [6.45, 7) is 6.04. The largest absolute Gasteiger partial charge is 0.388 e. The number of hydrogen-bond donors (Lipinski definition) is 1. The van der Waals surface area contributed by atoms with E-state index in [2.05, 4.69) is 4.98 Å². The summed E-state index contributed by atoms with van der Waals surface area (Å²) in [7, 11) is 1.70. The van der Waals surface area contributed by atoms with Crippen molar-refractivity contribution >= 4 is 0 Å². The van der Waals surface area contributed by atoms with Crippen LogP contribution in [0.4, 0.5) is 0 Å². The molecule has 1 rings (SSSR count). The lowest BCUT2D eigenvalue weighted by atomic mass is 9.96. The third-order valence-electron chi connectivity index (χ3n) is 3.01. The second kappa shape index (κ2) is 5.41. The van der Waals surface area contributed by atoms with Gasteiger partial charge in [-0.2, -0.15) is 0 Å². The molecule has 1 atom stereocenters. The van der Waals surface area contributed by atoms with Gasteiger partial charge in [0.15, 0.2) is 0 Å². The number of ether oxygens (including phenoxy) is 1. The van der Waals surface area contributed by atoms with Crippen molar-refractivity contribution in [2.75, 3.05) is 7.11 Å². The van der Waals surface area contributed by atoms with Gasteiger partial charge in [-0.1, -0.05) is 0 Å². The molecule has 0 aromatic carbocycles. The maximum Gasteiger partial charge on any atom is 0.0808 e. The van der Waals surface area contributed by atoms with Gasteiger partial charge in [0.05, 0.1) is 11.7 Å². The van der Waals surface area contributed by atoms with Crippen LogP contribution in [-0.4, -0.2) is 22.8 Å². The van der Waals surface area contributed by atoms with E-state index in [1.807, 2.05) is 26.8 Å². The quantitative estimate of drug-likeness (QED) is 0.834. The Kier molecular flexibility index (Phi) is 4.44. The lowest BCUT2D eigenvalue weighted by molar-refractivity contribution is 0.00270. The minimum absolute atomic E-state index is 0.183. The Balaban J connectivity index is 2.60. The fraction of sp³-hybridized carbons (Fsp3) is 0.615. The first-order valence-corrected chi connectivity index (χ1v) is 5.60. The minimum atomic E-state index is -0.455. The summed E-state index contributed by atoms with van der Waals surface area (Å²) in [6, 6.07) is 1.92. The molecule has 0 saturated carbocycles. The molecule has 1 aromatic heterocycles. The van der Waals surface area contributed by atoms with E-state index in [9.17, 15) is 5.11 Å². The van der Waals surface area contributed by atoms with Crippen molar-refractivity contribution in [1.82, 2.24) is 4.98 Å². The molecule has 0 amide bonds. The molecule has 3 heteroatoms. The molecule has 3 nitrogen and oxygen atoms in total. The second-order valence-electron chi connectivity index (χ2n) is 4.75. The van der Waals surface area contributed by atoms with Crippen molar-refractivity contribution < 1.29 is 9.84 Å². The third kappa shape index (κ3) is 3.58. The Bertz CT molecular complexity index is 336. The number of methoxy groups -OCH3 is 1. The predicted molar refractivity (Wildman–Crippen MR) is 64.3 cm³/mol. The highest BCUT2D eigenvalue weighted by Crippen LogP contribution is 2.25. The van der Waals surface area contributed by atoms with Crippen molar-refractivity contribution in [2.45, 2.75) is 45.3 Å². The summed E-state index contributed by atoms with van der Waals surface area (Å²) in [4.78, 5) is 4.04. The van der Waals surface area contributed by atoms with Crippen molar-refractivity contribution in [1.29, 1.82) is 0 Å².